The van der Waals surface area contributed by atoms with E-state index in [2.05, 4.69) is 10.2 Å². The van der Waals surface area contributed by atoms with Crippen LogP contribution < -0.4 is 0 Å². The Morgan fingerprint density at radius 2 is 1.78 bits per heavy atom. The molecule has 0 amide bonds. The molecule has 118 valence electrons. The van der Waals surface area contributed by atoms with E-state index < -0.39 is 11.6 Å². The first-order chi connectivity index (χ1) is 11.0. The molecule has 0 fully saturated rings. The summed E-state index contributed by atoms with van der Waals surface area (Å²) in [6, 6.07) is 10.8. The van der Waals surface area contributed by atoms with Gasteiger partial charge in [-0.2, -0.15) is 0 Å². The maximum Gasteiger partial charge on any atom is 0.277 e. The van der Waals surface area contributed by atoms with E-state index in [9.17, 15) is 8.78 Å². The molecule has 3 rings (SSSR count). The van der Waals surface area contributed by atoms with E-state index in [1.807, 2.05) is 6.92 Å². The van der Waals surface area contributed by atoms with Crippen LogP contribution in [0.5, 0.6) is 0 Å². The van der Waals surface area contributed by atoms with E-state index in [1.54, 1.807) is 24.3 Å². The molecule has 7 heteroatoms. The maximum absolute atomic E-state index is 13.3. The second kappa shape index (κ2) is 6.68. The lowest BCUT2D eigenvalue weighted by molar-refractivity contribution is 0.465. The van der Waals surface area contributed by atoms with Crippen molar-refractivity contribution in [3.63, 3.8) is 0 Å². The summed E-state index contributed by atoms with van der Waals surface area (Å²) in [5.41, 5.74) is 1.40. The van der Waals surface area contributed by atoms with Gasteiger partial charge in [-0.1, -0.05) is 29.4 Å². The molecule has 3 nitrogen and oxygen atoms in total. The number of hydrogen-bond acceptors (Lipinski definition) is 4. The van der Waals surface area contributed by atoms with Crippen LogP contribution in [0.15, 0.2) is 52.1 Å². The first kappa shape index (κ1) is 16.0. The minimum absolute atomic E-state index is 0.163. The number of thioether (sulfide) groups is 1. The highest BCUT2D eigenvalue weighted by Crippen LogP contribution is 2.35. The van der Waals surface area contributed by atoms with Gasteiger partial charge in [-0.25, -0.2) is 8.78 Å². The van der Waals surface area contributed by atoms with E-state index >= 15 is 0 Å². The molecule has 0 aliphatic rings. The van der Waals surface area contributed by atoms with Crippen molar-refractivity contribution in [1.29, 1.82) is 0 Å². The largest absolute Gasteiger partial charge is 0.411 e. The molecule has 1 unspecified atom stereocenters. The Bertz CT molecular complexity index is 823. The van der Waals surface area contributed by atoms with E-state index in [0.717, 1.165) is 11.6 Å². The summed E-state index contributed by atoms with van der Waals surface area (Å²) >= 11 is 7.11. The molecule has 0 radical (unpaired) electrons. The SMILES string of the molecule is CC(Sc1nnc(-c2ccc(Cl)cc2)o1)c1ccc(F)c(F)c1. The Morgan fingerprint density at radius 1 is 1.04 bits per heavy atom. The van der Waals surface area contributed by atoms with Crippen LogP contribution in [0.4, 0.5) is 8.78 Å². The monoisotopic (exact) mass is 352 g/mol. The zero-order valence-corrected chi connectivity index (χ0v) is 13.5. The molecule has 0 aliphatic carbocycles. The molecule has 0 saturated heterocycles. The minimum atomic E-state index is -0.873. The van der Waals surface area contributed by atoms with Crippen molar-refractivity contribution in [3.05, 3.63) is 64.7 Å². The number of nitrogens with zero attached hydrogens (tertiary/aromatic N) is 2. The first-order valence-corrected chi connectivity index (χ1v) is 8.00. The Hall–Kier alpha value is -1.92. The van der Waals surface area contributed by atoms with E-state index in [-0.39, 0.29) is 5.25 Å². The standard InChI is InChI=1S/C16H11ClF2N2OS/c1-9(11-4-7-13(18)14(19)8-11)23-16-21-20-15(22-16)10-2-5-12(17)6-3-10/h2-9H,1H3. The molecular formula is C16H11ClF2N2OS. The average molecular weight is 353 g/mol. The van der Waals surface area contributed by atoms with Gasteiger partial charge >= 0.3 is 0 Å². The van der Waals surface area contributed by atoms with Crippen LogP contribution in [0.25, 0.3) is 11.5 Å². The molecule has 0 bridgehead atoms. The fourth-order valence-electron chi connectivity index (χ4n) is 1.95. The third-order valence-corrected chi connectivity index (χ3v) is 4.43. The normalized spacial score (nSPS) is 12.3. The predicted octanol–water partition coefficient (Wildman–Crippen LogP) is 5.52. The van der Waals surface area contributed by atoms with Crippen LogP contribution >= 0.6 is 23.4 Å². The van der Waals surface area contributed by atoms with Gasteiger partial charge in [0, 0.05) is 15.8 Å². The molecule has 2 aromatic carbocycles. The van der Waals surface area contributed by atoms with Gasteiger partial charge in [-0.05, 0) is 48.9 Å². The third kappa shape index (κ3) is 3.71. The van der Waals surface area contributed by atoms with Crippen molar-refractivity contribution in [1.82, 2.24) is 10.2 Å². The number of hydrogen-bond donors (Lipinski definition) is 0. The molecule has 1 aromatic heterocycles. The highest BCUT2D eigenvalue weighted by Gasteiger charge is 2.15. The zero-order valence-electron chi connectivity index (χ0n) is 12.0. The molecule has 23 heavy (non-hydrogen) atoms. The van der Waals surface area contributed by atoms with Crippen LogP contribution in [0.1, 0.15) is 17.7 Å². The lowest BCUT2D eigenvalue weighted by atomic mass is 10.1. The summed E-state index contributed by atoms with van der Waals surface area (Å²) in [5, 5.41) is 8.76. The lowest BCUT2D eigenvalue weighted by Gasteiger charge is -2.08. The van der Waals surface area contributed by atoms with Crippen LogP contribution in [0.2, 0.25) is 5.02 Å². The summed E-state index contributed by atoms with van der Waals surface area (Å²) in [4.78, 5) is 0. The highest BCUT2D eigenvalue weighted by molar-refractivity contribution is 7.99. The third-order valence-electron chi connectivity index (χ3n) is 3.19. The smallest absolute Gasteiger partial charge is 0.277 e. The Balaban J connectivity index is 1.75. The van der Waals surface area contributed by atoms with Gasteiger partial charge in [0.25, 0.3) is 5.22 Å². The van der Waals surface area contributed by atoms with Gasteiger partial charge in [-0.15, -0.1) is 10.2 Å². The Morgan fingerprint density at radius 3 is 2.48 bits per heavy atom. The molecule has 3 aromatic rings. The second-order valence-electron chi connectivity index (χ2n) is 4.81. The minimum Gasteiger partial charge on any atom is -0.411 e. The van der Waals surface area contributed by atoms with E-state index in [1.165, 1.54) is 23.9 Å². The number of benzene rings is 2. The summed E-state index contributed by atoms with van der Waals surface area (Å²) in [7, 11) is 0. The summed E-state index contributed by atoms with van der Waals surface area (Å²) in [6.45, 7) is 1.85. The lowest BCUT2D eigenvalue weighted by Crippen LogP contribution is -1.92. The van der Waals surface area contributed by atoms with Gasteiger partial charge in [0.05, 0.1) is 0 Å². The Labute approximate surface area is 140 Å². The fraction of sp³-hybridized carbons (Fsp3) is 0.125. The molecule has 0 aliphatic heterocycles. The molecule has 0 saturated carbocycles. The van der Waals surface area contributed by atoms with Crippen molar-refractivity contribution >= 4 is 23.4 Å². The zero-order chi connectivity index (χ0) is 16.4. The molecular weight excluding hydrogens is 342 g/mol. The molecule has 1 heterocycles. The predicted molar refractivity (Wildman–Crippen MR) is 85.4 cm³/mol. The van der Waals surface area contributed by atoms with Crippen molar-refractivity contribution < 1.29 is 13.2 Å². The van der Waals surface area contributed by atoms with Gasteiger partial charge in [0.2, 0.25) is 5.89 Å². The quantitative estimate of drug-likeness (QED) is 0.579. The van der Waals surface area contributed by atoms with E-state index in [0.29, 0.717) is 21.7 Å². The summed E-state index contributed by atoms with van der Waals surface area (Å²) in [5.74, 6) is -1.36. The molecule has 0 spiro atoms. The Kier molecular flexibility index (Phi) is 4.63. The topological polar surface area (TPSA) is 38.9 Å². The fourth-order valence-corrected chi connectivity index (χ4v) is 2.88. The van der Waals surface area contributed by atoms with Crippen LogP contribution in [-0.2, 0) is 0 Å². The van der Waals surface area contributed by atoms with Crippen molar-refractivity contribution in [3.8, 4) is 11.5 Å². The number of aromatic nitrogens is 2. The maximum atomic E-state index is 13.3. The first-order valence-electron chi connectivity index (χ1n) is 6.74. The van der Waals surface area contributed by atoms with Gasteiger partial charge in [0.1, 0.15) is 0 Å². The number of halogens is 3. The summed E-state index contributed by atoms with van der Waals surface area (Å²) < 4.78 is 31.9. The van der Waals surface area contributed by atoms with Crippen molar-refractivity contribution in [2.75, 3.05) is 0 Å². The average Bonchev–Trinajstić information content (AvgIpc) is 2.99. The van der Waals surface area contributed by atoms with Crippen LogP contribution in [0.3, 0.4) is 0 Å². The van der Waals surface area contributed by atoms with Crippen LogP contribution in [-0.4, -0.2) is 10.2 Å². The van der Waals surface area contributed by atoms with E-state index in [4.69, 9.17) is 16.0 Å². The van der Waals surface area contributed by atoms with Crippen molar-refractivity contribution in [2.24, 2.45) is 0 Å². The molecule has 1 atom stereocenters. The van der Waals surface area contributed by atoms with Gasteiger partial charge < -0.3 is 4.42 Å². The molecule has 0 N–H and O–H groups in total. The van der Waals surface area contributed by atoms with Gasteiger partial charge in [-0.3, -0.25) is 0 Å². The summed E-state index contributed by atoms with van der Waals surface area (Å²) in [6.07, 6.45) is 0. The number of rotatable bonds is 4. The van der Waals surface area contributed by atoms with Crippen molar-refractivity contribution in [2.45, 2.75) is 17.4 Å². The highest BCUT2D eigenvalue weighted by atomic mass is 35.5. The second-order valence-corrected chi connectivity index (χ2v) is 6.54. The van der Waals surface area contributed by atoms with Crippen LogP contribution in [0, 0.1) is 11.6 Å². The van der Waals surface area contributed by atoms with Gasteiger partial charge in [0.15, 0.2) is 11.6 Å².